The lowest BCUT2D eigenvalue weighted by Crippen LogP contribution is -2.42. The number of nitrogens with zero attached hydrogens (tertiary/aromatic N) is 2. The molecule has 0 amide bonds. The maximum Gasteiger partial charge on any atom is 0.191 e. The minimum Gasteiger partial charge on any atom is -0.357 e. The summed E-state index contributed by atoms with van der Waals surface area (Å²) in [7, 11) is 0. The van der Waals surface area contributed by atoms with E-state index >= 15 is 0 Å². The van der Waals surface area contributed by atoms with Crippen molar-refractivity contribution >= 4 is 17.7 Å². The van der Waals surface area contributed by atoms with Gasteiger partial charge in [-0.15, -0.1) is 0 Å². The first-order valence-corrected chi connectivity index (χ1v) is 9.79. The van der Waals surface area contributed by atoms with Crippen LogP contribution in [-0.4, -0.2) is 61.1 Å². The van der Waals surface area contributed by atoms with E-state index in [0.717, 1.165) is 37.4 Å². The number of hydrogen-bond donors (Lipinski definition) is 2. The van der Waals surface area contributed by atoms with Gasteiger partial charge in [-0.2, -0.15) is 11.8 Å². The minimum atomic E-state index is 0.742. The Morgan fingerprint density at radius 2 is 1.95 bits per heavy atom. The van der Waals surface area contributed by atoms with Crippen molar-refractivity contribution in [3.05, 3.63) is 0 Å². The molecule has 5 heteroatoms. The van der Waals surface area contributed by atoms with Crippen LogP contribution in [0.5, 0.6) is 0 Å². The summed E-state index contributed by atoms with van der Waals surface area (Å²) in [6, 6.07) is 0. The van der Waals surface area contributed by atoms with E-state index in [0.29, 0.717) is 0 Å². The molecule has 2 aliphatic rings. The monoisotopic (exact) mass is 312 g/mol. The van der Waals surface area contributed by atoms with Crippen molar-refractivity contribution in [2.75, 3.05) is 45.0 Å². The second kappa shape index (κ2) is 10.3. The first-order valence-electron chi connectivity index (χ1n) is 8.74. The van der Waals surface area contributed by atoms with E-state index in [1.54, 1.807) is 0 Å². The number of hydrogen-bond acceptors (Lipinski definition) is 3. The van der Waals surface area contributed by atoms with Crippen LogP contribution in [0.2, 0.25) is 0 Å². The number of aliphatic imine (C=N–C) groups is 1. The van der Waals surface area contributed by atoms with Gasteiger partial charge in [0.15, 0.2) is 5.96 Å². The lowest BCUT2D eigenvalue weighted by Gasteiger charge is -2.20. The van der Waals surface area contributed by atoms with Crippen LogP contribution in [-0.2, 0) is 0 Å². The van der Waals surface area contributed by atoms with Crippen LogP contribution in [0.3, 0.4) is 0 Å². The van der Waals surface area contributed by atoms with Gasteiger partial charge in [0, 0.05) is 24.9 Å². The average Bonchev–Trinajstić information content (AvgIpc) is 2.88. The summed E-state index contributed by atoms with van der Waals surface area (Å²) in [5, 5.41) is 7.61. The van der Waals surface area contributed by atoms with Crippen LogP contribution in [0.15, 0.2) is 4.99 Å². The Bertz CT molecular complexity index is 295. The van der Waals surface area contributed by atoms with Gasteiger partial charge in [0.2, 0.25) is 0 Å². The van der Waals surface area contributed by atoms with Gasteiger partial charge >= 0.3 is 0 Å². The van der Waals surface area contributed by atoms with Gasteiger partial charge in [0.25, 0.3) is 0 Å². The van der Waals surface area contributed by atoms with Crippen molar-refractivity contribution in [1.29, 1.82) is 0 Å². The Labute approximate surface area is 134 Å². The molecular formula is C16H32N4S. The average molecular weight is 313 g/mol. The lowest BCUT2D eigenvalue weighted by molar-refractivity contribution is 0.289. The molecule has 0 aromatic rings. The predicted octanol–water partition coefficient (Wildman–Crippen LogP) is 2.31. The van der Waals surface area contributed by atoms with Gasteiger partial charge in [0.1, 0.15) is 0 Å². The van der Waals surface area contributed by atoms with Crippen LogP contribution >= 0.6 is 11.8 Å². The zero-order valence-electron chi connectivity index (χ0n) is 13.6. The van der Waals surface area contributed by atoms with Crippen LogP contribution < -0.4 is 10.6 Å². The molecule has 0 bridgehead atoms. The Kier molecular flexibility index (Phi) is 8.33. The Morgan fingerprint density at radius 1 is 1.14 bits per heavy atom. The van der Waals surface area contributed by atoms with Gasteiger partial charge < -0.3 is 15.5 Å². The van der Waals surface area contributed by atoms with Crippen molar-refractivity contribution in [3.63, 3.8) is 0 Å². The Morgan fingerprint density at radius 3 is 2.62 bits per heavy atom. The molecule has 21 heavy (non-hydrogen) atoms. The van der Waals surface area contributed by atoms with E-state index in [1.807, 2.05) is 0 Å². The van der Waals surface area contributed by atoms with Gasteiger partial charge in [-0.25, -0.2) is 0 Å². The second-order valence-corrected chi connectivity index (χ2v) is 7.45. The van der Waals surface area contributed by atoms with Crippen LogP contribution in [0.4, 0.5) is 0 Å². The summed E-state index contributed by atoms with van der Waals surface area (Å²) < 4.78 is 0. The molecule has 2 rings (SSSR count). The van der Waals surface area contributed by atoms with Gasteiger partial charge in [-0.05, 0) is 51.4 Å². The zero-order valence-corrected chi connectivity index (χ0v) is 14.4. The summed E-state index contributed by atoms with van der Waals surface area (Å²) in [6.07, 6.45) is 8.26. The molecule has 0 spiro atoms. The molecule has 1 atom stereocenters. The SMILES string of the molecule is CCNC(=NCC1CCCS1)NCCN1CCCCCC1. The van der Waals surface area contributed by atoms with Crippen molar-refractivity contribution in [2.45, 2.75) is 50.7 Å². The fourth-order valence-corrected chi connectivity index (χ4v) is 4.20. The maximum absolute atomic E-state index is 4.75. The summed E-state index contributed by atoms with van der Waals surface area (Å²) >= 11 is 2.08. The van der Waals surface area contributed by atoms with E-state index in [4.69, 9.17) is 4.99 Å². The first kappa shape index (κ1) is 16.9. The van der Waals surface area contributed by atoms with Crippen LogP contribution in [0, 0.1) is 0 Å². The predicted molar refractivity (Wildman–Crippen MR) is 94.4 cm³/mol. The fraction of sp³-hybridized carbons (Fsp3) is 0.938. The molecule has 0 aliphatic carbocycles. The molecule has 0 radical (unpaired) electrons. The third-order valence-electron chi connectivity index (χ3n) is 4.24. The highest BCUT2D eigenvalue weighted by Crippen LogP contribution is 2.25. The van der Waals surface area contributed by atoms with Crippen LogP contribution in [0.1, 0.15) is 45.4 Å². The summed E-state index contributed by atoms with van der Waals surface area (Å²) in [6.45, 7) is 8.72. The molecule has 1 unspecified atom stereocenters. The highest BCUT2D eigenvalue weighted by molar-refractivity contribution is 8.00. The third kappa shape index (κ3) is 6.92. The molecule has 2 heterocycles. The summed E-state index contributed by atoms with van der Waals surface area (Å²) in [5.41, 5.74) is 0. The standard InChI is InChI=1S/C16H32N4S/c1-2-17-16(19-14-15-8-7-13-21-15)18-9-12-20-10-5-3-4-6-11-20/h15H,2-14H2,1H3,(H2,17,18,19). The second-order valence-electron chi connectivity index (χ2n) is 6.04. The Hall–Kier alpha value is -0.420. The van der Waals surface area contributed by atoms with Crippen LogP contribution in [0.25, 0.3) is 0 Å². The summed E-state index contributed by atoms with van der Waals surface area (Å²) in [4.78, 5) is 7.35. The molecular weight excluding hydrogens is 280 g/mol. The highest BCUT2D eigenvalue weighted by Gasteiger charge is 2.15. The van der Waals surface area contributed by atoms with E-state index < -0.39 is 0 Å². The zero-order chi connectivity index (χ0) is 14.8. The smallest absolute Gasteiger partial charge is 0.191 e. The number of guanidine groups is 1. The Balaban J connectivity index is 1.67. The summed E-state index contributed by atoms with van der Waals surface area (Å²) in [5.74, 6) is 2.32. The molecule has 0 aromatic heterocycles. The van der Waals surface area contributed by atoms with Crippen molar-refractivity contribution in [3.8, 4) is 0 Å². The van der Waals surface area contributed by atoms with Crippen molar-refractivity contribution < 1.29 is 0 Å². The van der Waals surface area contributed by atoms with Crippen molar-refractivity contribution in [1.82, 2.24) is 15.5 Å². The van der Waals surface area contributed by atoms with Gasteiger partial charge in [-0.3, -0.25) is 4.99 Å². The molecule has 2 saturated heterocycles. The first-order chi connectivity index (χ1) is 10.4. The number of thioether (sulfide) groups is 1. The number of nitrogens with one attached hydrogen (secondary N) is 2. The largest absolute Gasteiger partial charge is 0.357 e. The fourth-order valence-electron chi connectivity index (χ4n) is 3.02. The third-order valence-corrected chi connectivity index (χ3v) is 5.62. The minimum absolute atomic E-state index is 0.742. The van der Waals surface area contributed by atoms with E-state index in [2.05, 4.69) is 34.2 Å². The molecule has 2 N–H and O–H groups in total. The van der Waals surface area contributed by atoms with E-state index in [9.17, 15) is 0 Å². The lowest BCUT2D eigenvalue weighted by atomic mass is 10.2. The van der Waals surface area contributed by atoms with E-state index in [1.165, 1.54) is 57.4 Å². The van der Waals surface area contributed by atoms with Gasteiger partial charge in [-0.1, -0.05) is 12.8 Å². The maximum atomic E-state index is 4.75. The molecule has 2 aliphatic heterocycles. The number of likely N-dealkylation sites (tertiary alicyclic amines) is 1. The topological polar surface area (TPSA) is 39.7 Å². The quantitative estimate of drug-likeness (QED) is 0.583. The normalized spacial score (nSPS) is 24.8. The van der Waals surface area contributed by atoms with Crippen molar-refractivity contribution in [2.24, 2.45) is 4.99 Å². The molecule has 2 fully saturated rings. The molecule has 0 saturated carbocycles. The molecule has 122 valence electrons. The molecule has 4 nitrogen and oxygen atoms in total. The van der Waals surface area contributed by atoms with Gasteiger partial charge in [0.05, 0.1) is 6.54 Å². The number of rotatable bonds is 6. The van der Waals surface area contributed by atoms with E-state index in [-0.39, 0.29) is 0 Å². The highest BCUT2D eigenvalue weighted by atomic mass is 32.2. The molecule has 0 aromatic carbocycles.